The SMILES string of the molecule is CC/C=C(/C)C(=O)N1CSC[C@H]1C(=O)NCC(=O)OC. The summed E-state index contributed by atoms with van der Waals surface area (Å²) in [5.41, 5.74) is 0.640. The predicted octanol–water partition coefficient (Wildman–Crippen LogP) is 0.533. The summed E-state index contributed by atoms with van der Waals surface area (Å²) in [6, 6.07) is -0.530. The number of allylic oxidation sites excluding steroid dienone is 1. The standard InChI is InChI=1S/C13H20N2O4S/c1-4-5-9(2)13(18)15-8-20-7-10(15)12(17)14-6-11(16)19-3/h5,10H,4,6-8H2,1-3H3,(H,14,17)/b9-5-/t10-/m0/s1. The van der Waals surface area contributed by atoms with Crippen LogP contribution in [0.15, 0.2) is 11.6 Å². The van der Waals surface area contributed by atoms with Crippen molar-refractivity contribution in [2.24, 2.45) is 0 Å². The zero-order valence-corrected chi connectivity index (χ0v) is 12.8. The van der Waals surface area contributed by atoms with Gasteiger partial charge in [0.2, 0.25) is 5.91 Å². The molecule has 0 spiro atoms. The minimum atomic E-state index is -0.530. The lowest BCUT2D eigenvalue weighted by atomic mass is 10.2. The molecule has 1 heterocycles. The van der Waals surface area contributed by atoms with Crippen LogP contribution in [0.25, 0.3) is 0 Å². The summed E-state index contributed by atoms with van der Waals surface area (Å²) in [4.78, 5) is 36.8. The monoisotopic (exact) mass is 300 g/mol. The molecule has 0 aliphatic carbocycles. The Balaban J connectivity index is 2.65. The van der Waals surface area contributed by atoms with Gasteiger partial charge in [0.1, 0.15) is 12.6 Å². The van der Waals surface area contributed by atoms with Crippen LogP contribution in [-0.2, 0) is 19.1 Å². The molecule has 1 fully saturated rings. The summed E-state index contributed by atoms with van der Waals surface area (Å²) in [6.45, 7) is 3.52. The van der Waals surface area contributed by atoms with Gasteiger partial charge >= 0.3 is 5.97 Å². The Labute approximate surface area is 122 Å². The fourth-order valence-corrected chi connectivity index (χ4v) is 2.98. The molecule has 0 unspecified atom stereocenters. The quantitative estimate of drug-likeness (QED) is 0.592. The number of hydrogen-bond acceptors (Lipinski definition) is 5. The number of nitrogens with one attached hydrogen (secondary N) is 1. The first-order valence-electron chi connectivity index (χ1n) is 6.41. The van der Waals surface area contributed by atoms with Gasteiger partial charge in [-0.25, -0.2) is 0 Å². The highest BCUT2D eigenvalue weighted by Crippen LogP contribution is 2.23. The Morgan fingerprint density at radius 2 is 2.15 bits per heavy atom. The summed E-state index contributed by atoms with van der Waals surface area (Å²) < 4.78 is 4.46. The maximum Gasteiger partial charge on any atom is 0.325 e. The van der Waals surface area contributed by atoms with Crippen molar-refractivity contribution in [1.29, 1.82) is 0 Å². The molecule has 1 aliphatic heterocycles. The lowest BCUT2D eigenvalue weighted by molar-refractivity contribution is -0.142. The van der Waals surface area contributed by atoms with E-state index in [2.05, 4.69) is 10.1 Å². The Bertz CT molecular complexity index is 423. The predicted molar refractivity (Wildman–Crippen MR) is 77.0 cm³/mol. The normalized spacial score (nSPS) is 18.9. The van der Waals surface area contributed by atoms with Crippen LogP contribution in [0.2, 0.25) is 0 Å². The first-order chi connectivity index (χ1) is 9.51. The van der Waals surface area contributed by atoms with Crippen LogP contribution in [0.1, 0.15) is 20.3 Å². The van der Waals surface area contributed by atoms with Crippen molar-refractivity contribution in [3.05, 3.63) is 11.6 Å². The highest BCUT2D eigenvalue weighted by Gasteiger charge is 2.35. The van der Waals surface area contributed by atoms with Crippen molar-refractivity contribution < 1.29 is 19.1 Å². The maximum atomic E-state index is 12.2. The fourth-order valence-electron chi connectivity index (χ4n) is 1.83. The molecule has 20 heavy (non-hydrogen) atoms. The summed E-state index contributed by atoms with van der Waals surface area (Å²) >= 11 is 1.52. The number of hydrogen-bond donors (Lipinski definition) is 1. The molecule has 0 saturated carbocycles. The van der Waals surface area contributed by atoms with Crippen molar-refractivity contribution >= 4 is 29.5 Å². The third-order valence-corrected chi connectivity index (χ3v) is 3.94. The van der Waals surface area contributed by atoms with Crippen molar-refractivity contribution in [2.45, 2.75) is 26.3 Å². The van der Waals surface area contributed by atoms with Crippen molar-refractivity contribution in [3.8, 4) is 0 Å². The Hall–Kier alpha value is -1.50. The van der Waals surface area contributed by atoms with Crippen LogP contribution >= 0.6 is 11.8 Å². The van der Waals surface area contributed by atoms with E-state index >= 15 is 0 Å². The Morgan fingerprint density at radius 3 is 2.75 bits per heavy atom. The lowest BCUT2D eigenvalue weighted by Gasteiger charge is -2.23. The Kier molecular flexibility index (Phi) is 6.57. The molecule has 0 aromatic carbocycles. The van der Waals surface area contributed by atoms with Crippen LogP contribution in [0.4, 0.5) is 0 Å². The van der Waals surface area contributed by atoms with E-state index in [-0.39, 0.29) is 18.4 Å². The molecule has 1 N–H and O–H groups in total. The van der Waals surface area contributed by atoms with Gasteiger partial charge in [-0.2, -0.15) is 0 Å². The summed E-state index contributed by atoms with van der Waals surface area (Å²) in [5.74, 6) is 0.0689. The van der Waals surface area contributed by atoms with Gasteiger partial charge in [-0.05, 0) is 13.3 Å². The molecule has 2 amide bonds. The number of amides is 2. The van der Waals surface area contributed by atoms with Gasteiger partial charge < -0.3 is 15.0 Å². The molecule has 1 atom stereocenters. The Morgan fingerprint density at radius 1 is 1.45 bits per heavy atom. The molecule has 7 heteroatoms. The van der Waals surface area contributed by atoms with Crippen LogP contribution < -0.4 is 5.32 Å². The van der Waals surface area contributed by atoms with E-state index in [1.54, 1.807) is 11.8 Å². The molecule has 0 aromatic rings. The summed E-state index contributed by atoms with van der Waals surface area (Å²) in [7, 11) is 1.26. The van der Waals surface area contributed by atoms with E-state index in [9.17, 15) is 14.4 Å². The zero-order chi connectivity index (χ0) is 15.1. The summed E-state index contributed by atoms with van der Waals surface area (Å²) in [6.07, 6.45) is 2.62. The van der Waals surface area contributed by atoms with Gasteiger partial charge in [-0.3, -0.25) is 14.4 Å². The van der Waals surface area contributed by atoms with Crippen molar-refractivity contribution in [3.63, 3.8) is 0 Å². The lowest BCUT2D eigenvalue weighted by Crippen LogP contribution is -2.48. The third-order valence-electron chi connectivity index (χ3n) is 2.93. The van der Waals surface area contributed by atoms with Crippen molar-refractivity contribution in [1.82, 2.24) is 10.2 Å². The summed E-state index contributed by atoms with van der Waals surface area (Å²) in [5, 5.41) is 2.49. The maximum absolute atomic E-state index is 12.2. The van der Waals surface area contributed by atoms with E-state index in [4.69, 9.17) is 0 Å². The van der Waals surface area contributed by atoms with E-state index in [1.807, 2.05) is 13.0 Å². The molecule has 0 bridgehead atoms. The highest BCUT2D eigenvalue weighted by molar-refractivity contribution is 7.99. The second-order valence-corrected chi connectivity index (χ2v) is 5.38. The van der Waals surface area contributed by atoms with Gasteiger partial charge in [-0.1, -0.05) is 13.0 Å². The minimum Gasteiger partial charge on any atom is -0.468 e. The molecule has 1 aliphatic rings. The van der Waals surface area contributed by atoms with Crippen molar-refractivity contribution in [2.75, 3.05) is 25.3 Å². The van der Waals surface area contributed by atoms with Crippen LogP contribution in [0.3, 0.4) is 0 Å². The smallest absolute Gasteiger partial charge is 0.325 e. The molecule has 1 rings (SSSR count). The average molecular weight is 300 g/mol. The first-order valence-corrected chi connectivity index (χ1v) is 7.56. The second kappa shape index (κ2) is 7.94. The molecule has 0 aromatic heterocycles. The number of rotatable bonds is 5. The van der Waals surface area contributed by atoms with Gasteiger partial charge in [0.05, 0.1) is 13.0 Å². The largest absolute Gasteiger partial charge is 0.468 e. The van der Waals surface area contributed by atoms with Gasteiger partial charge in [0, 0.05) is 11.3 Å². The number of carbonyl (C=O) groups is 3. The number of carbonyl (C=O) groups excluding carboxylic acids is 3. The van der Waals surface area contributed by atoms with Crippen LogP contribution in [0, 0.1) is 0 Å². The van der Waals surface area contributed by atoms with E-state index in [0.29, 0.717) is 17.2 Å². The second-order valence-electron chi connectivity index (χ2n) is 4.38. The number of ether oxygens (including phenoxy) is 1. The molecule has 112 valence electrons. The molecular formula is C13H20N2O4S. The minimum absolute atomic E-state index is 0.130. The van der Waals surface area contributed by atoms with Gasteiger partial charge in [0.25, 0.3) is 5.91 Å². The molecule has 6 nitrogen and oxygen atoms in total. The number of thioether (sulfide) groups is 1. The highest BCUT2D eigenvalue weighted by atomic mass is 32.2. The molecular weight excluding hydrogens is 280 g/mol. The number of methoxy groups -OCH3 is 1. The average Bonchev–Trinajstić information content (AvgIpc) is 2.93. The fraction of sp³-hybridized carbons (Fsp3) is 0.615. The van der Waals surface area contributed by atoms with E-state index < -0.39 is 12.0 Å². The number of nitrogens with zero attached hydrogens (tertiary/aromatic N) is 1. The van der Waals surface area contributed by atoms with Gasteiger partial charge in [-0.15, -0.1) is 11.8 Å². The molecule has 1 saturated heterocycles. The van der Waals surface area contributed by atoms with E-state index in [1.165, 1.54) is 18.9 Å². The van der Waals surface area contributed by atoms with Crippen LogP contribution in [-0.4, -0.2) is 54.0 Å². The number of esters is 1. The zero-order valence-electron chi connectivity index (χ0n) is 12.0. The van der Waals surface area contributed by atoms with Gasteiger partial charge in [0.15, 0.2) is 0 Å². The first kappa shape index (κ1) is 16.6. The topological polar surface area (TPSA) is 75.7 Å². The third kappa shape index (κ3) is 4.26. The van der Waals surface area contributed by atoms with E-state index in [0.717, 1.165) is 6.42 Å². The molecule has 0 radical (unpaired) electrons. The van der Waals surface area contributed by atoms with Crippen LogP contribution in [0.5, 0.6) is 0 Å².